The van der Waals surface area contributed by atoms with Gasteiger partial charge in [-0.1, -0.05) is 41.6 Å². The molecule has 1 atom stereocenters. The Morgan fingerprint density at radius 3 is 2.56 bits per heavy atom. The van der Waals surface area contributed by atoms with Gasteiger partial charge in [0.2, 0.25) is 5.91 Å². The molecule has 0 bridgehead atoms. The van der Waals surface area contributed by atoms with Crippen LogP contribution >= 0.6 is 11.8 Å². The molecule has 178 valence electrons. The molecule has 0 spiro atoms. The van der Waals surface area contributed by atoms with Crippen molar-refractivity contribution in [2.45, 2.75) is 41.4 Å². The number of carboxylic acids is 1. The van der Waals surface area contributed by atoms with E-state index in [1.165, 1.54) is 12.1 Å². The van der Waals surface area contributed by atoms with Crippen LogP contribution in [-0.4, -0.2) is 45.4 Å². The number of carboxylic acid groups (broad SMARTS) is 1. The number of thioether (sulfide) groups is 1. The zero-order valence-corrected chi connectivity index (χ0v) is 20.3. The van der Waals surface area contributed by atoms with Crippen LogP contribution in [0.1, 0.15) is 28.7 Å². The van der Waals surface area contributed by atoms with Crippen molar-refractivity contribution in [1.29, 1.82) is 0 Å². The van der Waals surface area contributed by atoms with Gasteiger partial charge in [-0.3, -0.25) is 4.79 Å². The third kappa shape index (κ3) is 6.12. The summed E-state index contributed by atoms with van der Waals surface area (Å²) in [5.74, 6) is -1.57. The van der Waals surface area contributed by atoms with E-state index >= 15 is 0 Å². The number of nitrogens with one attached hydrogen (secondary N) is 1. The number of aromatic nitrogens is 3. The lowest BCUT2D eigenvalue weighted by atomic mass is 10.2. The van der Waals surface area contributed by atoms with Gasteiger partial charge in [0.25, 0.3) is 0 Å². The molecule has 11 heteroatoms. The highest BCUT2D eigenvalue weighted by Crippen LogP contribution is 2.25. The Kier molecular flexibility index (Phi) is 7.90. The molecule has 9 nitrogen and oxygen atoms in total. The number of aryl methyl sites for hydroxylation is 1. The number of nitrogens with zero attached hydrogens (tertiary/aromatic N) is 3. The maximum atomic E-state index is 12.9. The van der Waals surface area contributed by atoms with E-state index in [-0.39, 0.29) is 34.5 Å². The molecule has 0 saturated heterocycles. The average molecular weight is 501 g/mol. The third-order valence-corrected chi connectivity index (χ3v) is 7.54. The number of allylic oxidation sites excluding steroid dienone is 1. The molecule has 1 amide bonds. The van der Waals surface area contributed by atoms with Crippen molar-refractivity contribution in [3.05, 3.63) is 78.1 Å². The molecule has 0 radical (unpaired) electrons. The Balaban J connectivity index is 1.76. The van der Waals surface area contributed by atoms with Gasteiger partial charge < -0.3 is 15.0 Å². The van der Waals surface area contributed by atoms with Crippen LogP contribution in [0, 0.1) is 6.92 Å². The largest absolute Gasteiger partial charge is 0.478 e. The summed E-state index contributed by atoms with van der Waals surface area (Å²) < 4.78 is 27.3. The van der Waals surface area contributed by atoms with E-state index in [1.54, 1.807) is 54.0 Å². The van der Waals surface area contributed by atoms with Gasteiger partial charge in [-0.2, -0.15) is 0 Å². The number of sulfone groups is 1. The van der Waals surface area contributed by atoms with Gasteiger partial charge in [0.1, 0.15) is 11.6 Å². The maximum Gasteiger partial charge on any atom is 0.335 e. The zero-order chi connectivity index (χ0) is 24.9. The fraction of sp³-hybridized carbons (Fsp3) is 0.217. The molecule has 2 aromatic carbocycles. The number of aromatic carboxylic acids is 1. The normalized spacial score (nSPS) is 12.2. The Morgan fingerprint density at radius 2 is 1.91 bits per heavy atom. The second-order valence-corrected chi connectivity index (χ2v) is 10.8. The molecule has 0 aliphatic heterocycles. The van der Waals surface area contributed by atoms with E-state index in [4.69, 9.17) is 5.11 Å². The van der Waals surface area contributed by atoms with Crippen LogP contribution in [0.3, 0.4) is 0 Å². The lowest BCUT2D eigenvalue weighted by molar-refractivity contribution is -0.115. The van der Waals surface area contributed by atoms with Crippen LogP contribution < -0.4 is 5.32 Å². The summed E-state index contributed by atoms with van der Waals surface area (Å²) in [6.45, 7) is 7.52. The second kappa shape index (κ2) is 10.7. The van der Waals surface area contributed by atoms with Crippen molar-refractivity contribution >= 4 is 39.2 Å². The summed E-state index contributed by atoms with van der Waals surface area (Å²) in [6.07, 6.45) is 1.59. The van der Waals surface area contributed by atoms with Crippen LogP contribution in [0.25, 0.3) is 0 Å². The zero-order valence-electron chi connectivity index (χ0n) is 18.6. The van der Waals surface area contributed by atoms with Gasteiger partial charge in [0, 0.05) is 12.2 Å². The monoisotopic (exact) mass is 500 g/mol. The van der Waals surface area contributed by atoms with Crippen LogP contribution in [0.5, 0.6) is 0 Å². The Hall–Kier alpha value is -3.44. The lowest BCUT2D eigenvalue weighted by Crippen LogP contribution is -2.23. The van der Waals surface area contributed by atoms with E-state index in [0.29, 0.717) is 10.8 Å². The molecule has 1 heterocycles. The molecule has 0 fully saturated rings. The lowest BCUT2D eigenvalue weighted by Gasteiger charge is -2.13. The summed E-state index contributed by atoms with van der Waals surface area (Å²) in [7, 11) is -3.65. The van der Waals surface area contributed by atoms with Gasteiger partial charge in [-0.25, -0.2) is 13.2 Å². The number of rotatable bonds is 10. The maximum absolute atomic E-state index is 12.9. The first-order valence-corrected chi connectivity index (χ1v) is 12.8. The summed E-state index contributed by atoms with van der Waals surface area (Å²) in [4.78, 5) is 24.0. The summed E-state index contributed by atoms with van der Waals surface area (Å²) in [5, 5.41) is 19.7. The number of amides is 1. The van der Waals surface area contributed by atoms with Gasteiger partial charge in [-0.05, 0) is 44.2 Å². The highest BCUT2D eigenvalue weighted by atomic mass is 32.2. The molecular formula is C23H24N4O5S2. The summed E-state index contributed by atoms with van der Waals surface area (Å²) in [5.41, 5.74) is 1.37. The highest BCUT2D eigenvalue weighted by molar-refractivity contribution is 8.00. The predicted molar refractivity (Wildman–Crippen MR) is 130 cm³/mol. The number of anilines is 1. The minimum absolute atomic E-state index is 0.0586. The van der Waals surface area contributed by atoms with Crippen LogP contribution in [0.2, 0.25) is 0 Å². The first-order valence-electron chi connectivity index (χ1n) is 10.2. The first kappa shape index (κ1) is 25.2. The van der Waals surface area contributed by atoms with Gasteiger partial charge >= 0.3 is 5.97 Å². The number of benzene rings is 2. The van der Waals surface area contributed by atoms with Crippen LogP contribution in [0.4, 0.5) is 5.69 Å². The minimum atomic E-state index is -3.65. The SMILES string of the molecule is C=CCn1c(CS(=O)(=O)c2ccc(C)cc2)nnc1SC(C)C(=O)Nc1cccc(C(=O)O)c1. The number of carbonyl (C=O) groups excluding carboxylic acids is 1. The average Bonchev–Trinajstić information content (AvgIpc) is 3.14. The summed E-state index contributed by atoms with van der Waals surface area (Å²) in [6, 6.07) is 12.5. The van der Waals surface area contributed by atoms with E-state index in [1.807, 2.05) is 6.92 Å². The highest BCUT2D eigenvalue weighted by Gasteiger charge is 2.24. The molecule has 2 N–H and O–H groups in total. The van der Waals surface area contributed by atoms with E-state index in [2.05, 4.69) is 22.1 Å². The number of carbonyl (C=O) groups is 2. The van der Waals surface area contributed by atoms with Crippen LogP contribution in [0.15, 0.2) is 71.2 Å². The fourth-order valence-corrected chi connectivity index (χ4v) is 5.16. The molecular weight excluding hydrogens is 476 g/mol. The molecule has 3 aromatic rings. The minimum Gasteiger partial charge on any atom is -0.478 e. The van der Waals surface area contributed by atoms with Crippen molar-refractivity contribution in [2.24, 2.45) is 0 Å². The quantitative estimate of drug-likeness (QED) is 0.319. The van der Waals surface area contributed by atoms with Gasteiger partial charge in [0.15, 0.2) is 15.0 Å². The number of hydrogen-bond donors (Lipinski definition) is 2. The van der Waals surface area contributed by atoms with Crippen molar-refractivity contribution in [2.75, 3.05) is 5.32 Å². The number of hydrogen-bond acceptors (Lipinski definition) is 7. The van der Waals surface area contributed by atoms with Crippen LogP contribution in [-0.2, 0) is 26.9 Å². The molecule has 34 heavy (non-hydrogen) atoms. The molecule has 1 aromatic heterocycles. The standard InChI is InChI=1S/C23H24N4O5S2/c1-4-12-27-20(14-34(31,32)19-10-8-15(2)9-11-19)25-26-23(27)33-16(3)21(28)24-18-7-5-6-17(13-18)22(29)30/h4-11,13,16H,1,12,14H2,2-3H3,(H,24,28)(H,29,30). The Bertz CT molecular complexity index is 1320. The fourth-order valence-electron chi connectivity index (χ4n) is 3.01. The van der Waals surface area contributed by atoms with Crippen molar-refractivity contribution in [3.63, 3.8) is 0 Å². The van der Waals surface area contributed by atoms with Crippen molar-refractivity contribution in [1.82, 2.24) is 14.8 Å². The smallest absolute Gasteiger partial charge is 0.335 e. The van der Waals surface area contributed by atoms with Gasteiger partial charge in [0.05, 0.1) is 15.7 Å². The molecule has 0 aliphatic rings. The predicted octanol–water partition coefficient (Wildman–Crippen LogP) is 3.56. The van der Waals surface area contributed by atoms with Gasteiger partial charge in [-0.15, -0.1) is 16.8 Å². The Morgan fingerprint density at radius 1 is 1.21 bits per heavy atom. The molecule has 1 unspecified atom stereocenters. The topological polar surface area (TPSA) is 131 Å². The van der Waals surface area contributed by atoms with E-state index in [9.17, 15) is 18.0 Å². The van der Waals surface area contributed by atoms with E-state index < -0.39 is 21.1 Å². The Labute approximate surface area is 201 Å². The molecule has 0 aliphatic carbocycles. The third-order valence-electron chi connectivity index (χ3n) is 4.83. The molecule has 0 saturated carbocycles. The van der Waals surface area contributed by atoms with Crippen molar-refractivity contribution < 1.29 is 23.1 Å². The van der Waals surface area contributed by atoms with Crippen molar-refractivity contribution in [3.8, 4) is 0 Å². The molecule has 3 rings (SSSR count). The second-order valence-electron chi connectivity index (χ2n) is 7.51. The summed E-state index contributed by atoms with van der Waals surface area (Å²) >= 11 is 1.11. The van der Waals surface area contributed by atoms with E-state index in [0.717, 1.165) is 17.3 Å². The first-order chi connectivity index (χ1) is 16.1.